The third kappa shape index (κ3) is 4.33. The lowest BCUT2D eigenvalue weighted by Crippen LogP contribution is -2.10. The van der Waals surface area contributed by atoms with E-state index in [2.05, 4.69) is 0 Å². The Morgan fingerprint density at radius 3 is 2.45 bits per heavy atom. The Hall–Kier alpha value is -2.34. The fraction of sp³-hybridized carbons (Fsp3) is 0.188. The Balaban J connectivity index is 2.17. The molecule has 2 aromatic rings. The molecule has 6 heteroatoms. The summed E-state index contributed by atoms with van der Waals surface area (Å²) < 4.78 is 29.4. The number of rotatable bonds is 6. The van der Waals surface area contributed by atoms with Crippen LogP contribution in [0.2, 0.25) is 0 Å². The van der Waals surface area contributed by atoms with Crippen LogP contribution < -0.4 is 4.18 Å². The van der Waals surface area contributed by atoms with E-state index in [1.807, 2.05) is 6.92 Å². The average Bonchev–Trinajstić information content (AvgIpc) is 2.45. The fourth-order valence-corrected chi connectivity index (χ4v) is 2.81. The molecule has 0 spiro atoms. The monoisotopic (exact) mass is 320 g/mol. The van der Waals surface area contributed by atoms with Crippen molar-refractivity contribution in [2.24, 2.45) is 0 Å². The van der Waals surface area contributed by atoms with Gasteiger partial charge in [0.15, 0.2) is 0 Å². The minimum absolute atomic E-state index is 0.0197. The quantitative estimate of drug-likeness (QED) is 0.828. The van der Waals surface area contributed by atoms with Gasteiger partial charge >= 0.3 is 16.1 Å². The van der Waals surface area contributed by atoms with E-state index in [1.165, 1.54) is 24.3 Å². The van der Waals surface area contributed by atoms with Crippen LogP contribution in [0.25, 0.3) is 0 Å². The molecule has 0 aliphatic heterocycles. The fourth-order valence-electron chi connectivity index (χ4n) is 1.88. The molecule has 0 saturated carbocycles. The van der Waals surface area contributed by atoms with Gasteiger partial charge in [-0.25, -0.2) is 0 Å². The van der Waals surface area contributed by atoms with Gasteiger partial charge in [0.05, 0.1) is 0 Å². The molecule has 0 unspecified atom stereocenters. The summed E-state index contributed by atoms with van der Waals surface area (Å²) in [5, 5.41) is 8.67. The standard InChI is InChI=1S/C16H16O5S/c1-12-5-8-15(9-6-12)22(19,20)21-14-4-2-3-13(11-14)7-10-16(17)18/h2-6,8-9,11H,7,10H2,1H3,(H,17,18). The topological polar surface area (TPSA) is 80.7 Å². The predicted molar refractivity (Wildman–Crippen MR) is 81.4 cm³/mol. The first-order chi connectivity index (χ1) is 10.4. The maximum atomic E-state index is 12.2. The second-order valence-electron chi connectivity index (χ2n) is 4.89. The van der Waals surface area contributed by atoms with Crippen LogP contribution in [-0.4, -0.2) is 19.5 Å². The van der Waals surface area contributed by atoms with E-state index in [-0.39, 0.29) is 17.1 Å². The van der Waals surface area contributed by atoms with E-state index in [1.54, 1.807) is 24.3 Å². The summed E-state index contributed by atoms with van der Waals surface area (Å²) in [6.45, 7) is 1.86. The molecule has 0 aromatic heterocycles. The smallest absolute Gasteiger partial charge is 0.339 e. The number of hydrogen-bond donors (Lipinski definition) is 1. The summed E-state index contributed by atoms with van der Waals surface area (Å²) in [6.07, 6.45) is 0.297. The highest BCUT2D eigenvalue weighted by atomic mass is 32.2. The number of aryl methyl sites for hydroxylation is 2. The molecule has 0 heterocycles. The van der Waals surface area contributed by atoms with Crippen LogP contribution in [0, 0.1) is 6.92 Å². The number of carboxylic acid groups (broad SMARTS) is 1. The molecule has 0 aliphatic carbocycles. The third-order valence-electron chi connectivity index (χ3n) is 3.04. The van der Waals surface area contributed by atoms with Gasteiger partial charge in [-0.1, -0.05) is 29.8 Å². The van der Waals surface area contributed by atoms with Crippen LogP contribution in [0.5, 0.6) is 5.75 Å². The van der Waals surface area contributed by atoms with Crippen molar-refractivity contribution in [2.45, 2.75) is 24.7 Å². The predicted octanol–water partition coefficient (Wildman–Crippen LogP) is 2.78. The van der Waals surface area contributed by atoms with Crippen molar-refractivity contribution in [1.82, 2.24) is 0 Å². The molecule has 1 N–H and O–H groups in total. The van der Waals surface area contributed by atoms with E-state index in [4.69, 9.17) is 9.29 Å². The van der Waals surface area contributed by atoms with Crippen LogP contribution in [-0.2, 0) is 21.3 Å². The first-order valence-corrected chi connectivity index (χ1v) is 8.09. The van der Waals surface area contributed by atoms with Crippen molar-refractivity contribution >= 4 is 16.1 Å². The molecule has 116 valence electrons. The highest BCUT2D eigenvalue weighted by Gasteiger charge is 2.16. The Bertz CT molecular complexity index is 763. The molecular weight excluding hydrogens is 304 g/mol. The second kappa shape index (κ2) is 6.62. The SMILES string of the molecule is Cc1ccc(S(=O)(=O)Oc2cccc(CCC(=O)O)c2)cc1. The highest BCUT2D eigenvalue weighted by Crippen LogP contribution is 2.20. The van der Waals surface area contributed by atoms with Crippen molar-refractivity contribution in [3.8, 4) is 5.75 Å². The minimum atomic E-state index is -3.89. The molecular formula is C16H16O5S. The van der Waals surface area contributed by atoms with E-state index >= 15 is 0 Å². The zero-order valence-electron chi connectivity index (χ0n) is 12.0. The number of carboxylic acids is 1. The van der Waals surface area contributed by atoms with Crippen molar-refractivity contribution in [1.29, 1.82) is 0 Å². The average molecular weight is 320 g/mol. The van der Waals surface area contributed by atoms with Crippen LogP contribution in [0.1, 0.15) is 17.5 Å². The van der Waals surface area contributed by atoms with E-state index < -0.39 is 16.1 Å². The number of aliphatic carboxylic acids is 1. The molecule has 22 heavy (non-hydrogen) atoms. The minimum Gasteiger partial charge on any atom is -0.481 e. The van der Waals surface area contributed by atoms with Gasteiger partial charge in [-0.15, -0.1) is 0 Å². The van der Waals surface area contributed by atoms with Gasteiger partial charge in [-0.2, -0.15) is 8.42 Å². The van der Waals surface area contributed by atoms with Gasteiger partial charge in [-0.3, -0.25) is 4.79 Å². The summed E-state index contributed by atoms with van der Waals surface area (Å²) in [6, 6.07) is 12.8. The van der Waals surface area contributed by atoms with Crippen LogP contribution in [0.15, 0.2) is 53.4 Å². The third-order valence-corrected chi connectivity index (χ3v) is 4.30. The Morgan fingerprint density at radius 1 is 1.14 bits per heavy atom. The molecule has 0 fully saturated rings. The van der Waals surface area contributed by atoms with Gasteiger partial charge in [0.2, 0.25) is 0 Å². The van der Waals surface area contributed by atoms with Gasteiger partial charge in [0.25, 0.3) is 0 Å². The largest absolute Gasteiger partial charge is 0.481 e. The maximum absolute atomic E-state index is 12.2. The van der Waals surface area contributed by atoms with Gasteiger partial charge in [0.1, 0.15) is 10.6 Å². The van der Waals surface area contributed by atoms with Gasteiger partial charge in [-0.05, 0) is 43.2 Å². The number of benzene rings is 2. The maximum Gasteiger partial charge on any atom is 0.339 e. The molecule has 0 amide bonds. The Labute approximate surface area is 129 Å². The number of carbonyl (C=O) groups is 1. The molecule has 0 aliphatic rings. The zero-order valence-corrected chi connectivity index (χ0v) is 12.8. The molecule has 0 saturated heterocycles. The van der Waals surface area contributed by atoms with Crippen molar-refractivity contribution in [3.63, 3.8) is 0 Å². The first kappa shape index (κ1) is 16.0. The summed E-state index contributed by atoms with van der Waals surface area (Å²) in [4.78, 5) is 10.6. The Morgan fingerprint density at radius 2 is 1.82 bits per heavy atom. The summed E-state index contributed by atoms with van der Waals surface area (Å²) in [5.74, 6) is -0.734. The van der Waals surface area contributed by atoms with E-state index in [9.17, 15) is 13.2 Å². The van der Waals surface area contributed by atoms with Crippen LogP contribution in [0.4, 0.5) is 0 Å². The molecule has 5 nitrogen and oxygen atoms in total. The normalized spacial score (nSPS) is 11.1. The van der Waals surface area contributed by atoms with Crippen molar-refractivity contribution in [3.05, 3.63) is 59.7 Å². The van der Waals surface area contributed by atoms with Gasteiger partial charge in [0, 0.05) is 6.42 Å². The van der Waals surface area contributed by atoms with Crippen molar-refractivity contribution < 1.29 is 22.5 Å². The summed E-state index contributed by atoms with van der Waals surface area (Å²) in [7, 11) is -3.89. The van der Waals surface area contributed by atoms with E-state index in [0.29, 0.717) is 12.0 Å². The molecule has 0 bridgehead atoms. The summed E-state index contributed by atoms with van der Waals surface area (Å²) >= 11 is 0. The number of hydrogen-bond acceptors (Lipinski definition) is 4. The lowest BCUT2D eigenvalue weighted by atomic mass is 10.1. The Kier molecular flexibility index (Phi) is 4.82. The lowest BCUT2D eigenvalue weighted by molar-refractivity contribution is -0.136. The molecule has 0 radical (unpaired) electrons. The van der Waals surface area contributed by atoms with Crippen LogP contribution in [0.3, 0.4) is 0 Å². The van der Waals surface area contributed by atoms with E-state index in [0.717, 1.165) is 5.56 Å². The van der Waals surface area contributed by atoms with Crippen molar-refractivity contribution in [2.75, 3.05) is 0 Å². The highest BCUT2D eigenvalue weighted by molar-refractivity contribution is 7.87. The second-order valence-corrected chi connectivity index (χ2v) is 6.44. The van der Waals surface area contributed by atoms with Crippen LogP contribution >= 0.6 is 0 Å². The first-order valence-electron chi connectivity index (χ1n) is 6.69. The van der Waals surface area contributed by atoms with Gasteiger partial charge < -0.3 is 9.29 Å². The zero-order chi connectivity index (χ0) is 16.2. The summed E-state index contributed by atoms with van der Waals surface area (Å²) in [5.41, 5.74) is 1.66. The molecule has 2 rings (SSSR count). The molecule has 0 atom stereocenters. The molecule has 2 aromatic carbocycles. The lowest BCUT2D eigenvalue weighted by Gasteiger charge is -2.08.